The minimum absolute atomic E-state index is 0.212. The first-order chi connectivity index (χ1) is 8.32. The molecular weight excluding hydrogens is 258 g/mol. The summed E-state index contributed by atoms with van der Waals surface area (Å²) in [4.78, 5) is 27.3. The summed E-state index contributed by atoms with van der Waals surface area (Å²) in [6.07, 6.45) is 1.31. The Labute approximate surface area is 109 Å². The van der Waals surface area contributed by atoms with Crippen LogP contribution in [0, 0.1) is 5.92 Å². The molecule has 0 bridgehead atoms. The van der Waals surface area contributed by atoms with Gasteiger partial charge >= 0.3 is 5.97 Å². The molecule has 1 amide bonds. The second kappa shape index (κ2) is 5.68. The number of anilines is 1. The normalized spacial score (nSPS) is 11.9. The number of carbonyl (C=O) groups is 2. The van der Waals surface area contributed by atoms with E-state index in [4.69, 9.17) is 22.4 Å². The summed E-state index contributed by atoms with van der Waals surface area (Å²) < 4.78 is 0. The largest absolute Gasteiger partial charge is 0.481 e. The van der Waals surface area contributed by atoms with Crippen LogP contribution in [0.15, 0.2) is 12.3 Å². The van der Waals surface area contributed by atoms with E-state index in [9.17, 15) is 9.59 Å². The summed E-state index contributed by atoms with van der Waals surface area (Å²) >= 11 is 5.97. The highest BCUT2D eigenvalue weighted by Gasteiger charge is 2.17. The maximum Gasteiger partial charge on any atom is 0.308 e. The summed E-state index contributed by atoms with van der Waals surface area (Å²) in [6, 6.07) is 1.41. The fourth-order valence-electron chi connectivity index (χ4n) is 1.42. The van der Waals surface area contributed by atoms with Crippen molar-refractivity contribution in [2.24, 2.45) is 11.7 Å². The lowest BCUT2D eigenvalue weighted by molar-refractivity contribution is -0.140. The van der Waals surface area contributed by atoms with E-state index in [2.05, 4.69) is 4.98 Å². The number of aromatic nitrogens is 1. The van der Waals surface area contributed by atoms with Crippen LogP contribution >= 0.6 is 11.6 Å². The van der Waals surface area contributed by atoms with E-state index in [-0.39, 0.29) is 17.1 Å². The van der Waals surface area contributed by atoms with Gasteiger partial charge in [0, 0.05) is 19.8 Å². The first kappa shape index (κ1) is 14.2. The number of hydrogen-bond donors (Lipinski definition) is 2. The molecule has 0 aromatic carbocycles. The topological polar surface area (TPSA) is 96.5 Å². The Balaban J connectivity index is 2.90. The summed E-state index contributed by atoms with van der Waals surface area (Å²) in [5.74, 6) is -1.65. The van der Waals surface area contributed by atoms with Crippen molar-refractivity contribution < 1.29 is 14.7 Å². The Hall–Kier alpha value is -1.82. The molecule has 0 saturated carbocycles. The zero-order valence-corrected chi connectivity index (χ0v) is 10.8. The monoisotopic (exact) mass is 271 g/mol. The molecule has 0 aliphatic rings. The molecule has 0 radical (unpaired) electrons. The summed E-state index contributed by atoms with van der Waals surface area (Å²) in [5, 5.41) is 9.08. The predicted octanol–water partition coefficient (Wildman–Crippen LogP) is 0.991. The van der Waals surface area contributed by atoms with Crippen LogP contribution in [0.25, 0.3) is 0 Å². The Morgan fingerprint density at radius 3 is 2.67 bits per heavy atom. The zero-order valence-electron chi connectivity index (χ0n) is 10.1. The number of amides is 1. The van der Waals surface area contributed by atoms with Crippen molar-refractivity contribution in [1.82, 2.24) is 4.98 Å². The Morgan fingerprint density at radius 2 is 2.22 bits per heavy atom. The van der Waals surface area contributed by atoms with Crippen molar-refractivity contribution in [3.05, 3.63) is 22.8 Å². The highest BCUT2D eigenvalue weighted by Crippen LogP contribution is 2.23. The molecular formula is C11H14ClN3O3. The quantitative estimate of drug-likeness (QED) is 0.832. The van der Waals surface area contributed by atoms with Crippen LogP contribution in [0.1, 0.15) is 17.3 Å². The number of carboxylic acid groups (broad SMARTS) is 1. The van der Waals surface area contributed by atoms with Gasteiger partial charge in [-0.2, -0.15) is 0 Å². The molecule has 7 heteroatoms. The minimum atomic E-state index is -0.897. The van der Waals surface area contributed by atoms with Crippen molar-refractivity contribution in [2.45, 2.75) is 6.92 Å². The Bertz CT molecular complexity index is 479. The van der Waals surface area contributed by atoms with Gasteiger partial charge in [0.25, 0.3) is 0 Å². The van der Waals surface area contributed by atoms with Crippen LogP contribution in [0.2, 0.25) is 5.02 Å². The molecule has 0 saturated heterocycles. The number of carbonyl (C=O) groups excluding carboxylic acids is 1. The number of rotatable bonds is 5. The molecule has 0 aliphatic carbocycles. The second-order valence-electron chi connectivity index (χ2n) is 4.01. The molecule has 0 spiro atoms. The van der Waals surface area contributed by atoms with Crippen LogP contribution in [-0.2, 0) is 4.79 Å². The van der Waals surface area contributed by atoms with Crippen LogP contribution in [0.3, 0.4) is 0 Å². The summed E-state index contributed by atoms with van der Waals surface area (Å²) in [6.45, 7) is 1.85. The summed E-state index contributed by atoms with van der Waals surface area (Å²) in [5.41, 5.74) is 5.31. The van der Waals surface area contributed by atoms with Crippen LogP contribution in [0.5, 0.6) is 0 Å². The first-order valence-corrected chi connectivity index (χ1v) is 5.60. The number of pyridine rings is 1. The van der Waals surface area contributed by atoms with Crippen molar-refractivity contribution >= 4 is 29.3 Å². The maximum absolute atomic E-state index is 10.9. The van der Waals surface area contributed by atoms with Gasteiger partial charge in [-0.3, -0.25) is 9.59 Å². The van der Waals surface area contributed by atoms with Crippen LogP contribution in [-0.4, -0.2) is 35.6 Å². The van der Waals surface area contributed by atoms with Gasteiger partial charge in [0.05, 0.1) is 16.5 Å². The minimum Gasteiger partial charge on any atom is -0.481 e. The number of primary amides is 1. The molecule has 1 unspecified atom stereocenters. The lowest BCUT2D eigenvalue weighted by Gasteiger charge is -2.21. The van der Waals surface area contributed by atoms with E-state index in [1.165, 1.54) is 12.3 Å². The van der Waals surface area contributed by atoms with Gasteiger partial charge in [0.1, 0.15) is 5.82 Å². The molecule has 1 atom stereocenters. The number of carboxylic acids is 1. The number of aliphatic carboxylic acids is 1. The third-order valence-electron chi connectivity index (χ3n) is 2.44. The van der Waals surface area contributed by atoms with Crippen molar-refractivity contribution in [1.29, 1.82) is 0 Å². The summed E-state index contributed by atoms with van der Waals surface area (Å²) in [7, 11) is 1.68. The molecule has 98 valence electrons. The van der Waals surface area contributed by atoms with E-state index >= 15 is 0 Å². The number of nitrogens with zero attached hydrogens (tertiary/aromatic N) is 2. The molecule has 18 heavy (non-hydrogen) atoms. The molecule has 6 nitrogen and oxygen atoms in total. The van der Waals surface area contributed by atoms with Gasteiger partial charge < -0.3 is 15.7 Å². The van der Waals surface area contributed by atoms with Gasteiger partial charge in [-0.25, -0.2) is 4.98 Å². The van der Waals surface area contributed by atoms with E-state index in [1.807, 2.05) is 0 Å². The smallest absolute Gasteiger partial charge is 0.308 e. The lowest BCUT2D eigenvalue weighted by Crippen LogP contribution is -2.29. The van der Waals surface area contributed by atoms with Crippen LogP contribution < -0.4 is 10.6 Å². The zero-order chi connectivity index (χ0) is 13.9. The molecule has 0 fully saturated rings. The van der Waals surface area contributed by atoms with E-state index in [1.54, 1.807) is 18.9 Å². The molecule has 1 aromatic rings. The SMILES string of the molecule is CC(CN(C)c1ncc(C(N)=O)cc1Cl)C(=O)O. The third kappa shape index (κ3) is 3.33. The second-order valence-corrected chi connectivity index (χ2v) is 4.42. The number of hydrogen-bond acceptors (Lipinski definition) is 4. The van der Waals surface area contributed by atoms with E-state index in [0.29, 0.717) is 5.82 Å². The molecule has 1 heterocycles. The van der Waals surface area contributed by atoms with Crippen molar-refractivity contribution in [3.8, 4) is 0 Å². The van der Waals surface area contributed by atoms with E-state index in [0.717, 1.165) is 0 Å². The standard InChI is InChI=1S/C11H14ClN3O3/c1-6(11(17)18)5-15(2)10-8(12)3-7(4-14-10)9(13)16/h3-4,6H,5H2,1-2H3,(H2,13,16)(H,17,18). The fraction of sp³-hybridized carbons (Fsp3) is 0.364. The molecule has 1 aromatic heterocycles. The Morgan fingerprint density at radius 1 is 1.61 bits per heavy atom. The van der Waals surface area contributed by atoms with Gasteiger partial charge in [-0.1, -0.05) is 18.5 Å². The first-order valence-electron chi connectivity index (χ1n) is 5.22. The number of halogens is 1. The van der Waals surface area contributed by atoms with Gasteiger partial charge in [-0.15, -0.1) is 0 Å². The molecule has 1 rings (SSSR count). The fourth-order valence-corrected chi connectivity index (χ4v) is 1.73. The third-order valence-corrected chi connectivity index (χ3v) is 2.72. The maximum atomic E-state index is 10.9. The highest BCUT2D eigenvalue weighted by molar-refractivity contribution is 6.33. The van der Waals surface area contributed by atoms with Crippen molar-refractivity contribution in [3.63, 3.8) is 0 Å². The lowest BCUT2D eigenvalue weighted by atomic mass is 10.2. The van der Waals surface area contributed by atoms with Crippen LogP contribution in [0.4, 0.5) is 5.82 Å². The average molecular weight is 272 g/mol. The highest BCUT2D eigenvalue weighted by atomic mass is 35.5. The van der Waals surface area contributed by atoms with Gasteiger partial charge in [0.2, 0.25) is 5.91 Å². The number of nitrogens with two attached hydrogens (primary N) is 1. The molecule has 0 aliphatic heterocycles. The predicted molar refractivity (Wildman–Crippen MR) is 67.8 cm³/mol. The van der Waals surface area contributed by atoms with Gasteiger partial charge in [0.15, 0.2) is 0 Å². The molecule has 3 N–H and O–H groups in total. The average Bonchev–Trinajstić information content (AvgIpc) is 2.28. The Kier molecular flexibility index (Phi) is 4.49. The van der Waals surface area contributed by atoms with Crippen molar-refractivity contribution in [2.75, 3.05) is 18.5 Å². The van der Waals surface area contributed by atoms with E-state index < -0.39 is 17.8 Å². The van der Waals surface area contributed by atoms with Gasteiger partial charge in [-0.05, 0) is 6.07 Å².